The molecule has 0 heterocycles. The van der Waals surface area contributed by atoms with Crippen molar-refractivity contribution in [2.24, 2.45) is 0 Å². The summed E-state index contributed by atoms with van der Waals surface area (Å²) in [5.41, 5.74) is 0. The molecule has 0 atom stereocenters. The van der Waals surface area contributed by atoms with Gasteiger partial charge in [-0.25, -0.2) is 0 Å². The molecule has 0 spiro atoms. The normalized spacial score (nSPS) is 11.3. The van der Waals surface area contributed by atoms with Gasteiger partial charge in [-0.15, -0.1) is 0 Å². The first-order valence-corrected chi connectivity index (χ1v) is 5.19. The molecule has 0 aliphatic heterocycles. The summed E-state index contributed by atoms with van der Waals surface area (Å²) in [5, 5.41) is 0. The van der Waals surface area contributed by atoms with Crippen molar-refractivity contribution in [3.05, 3.63) is 33.7 Å². The molecule has 0 nitrogen and oxygen atoms in total. The summed E-state index contributed by atoms with van der Waals surface area (Å²) in [6.07, 6.45) is 0. The molecule has 1 rings (SSSR count). The van der Waals surface area contributed by atoms with Crippen molar-refractivity contribution in [3.8, 4) is 0 Å². The second kappa shape index (κ2) is 3.23. The average molecular weight is 260 g/mol. The Morgan fingerprint density at radius 1 is 1.00 bits per heavy atom. The van der Waals surface area contributed by atoms with E-state index in [1.165, 1.54) is 0 Å². The van der Waals surface area contributed by atoms with Gasteiger partial charge in [-0.05, 0) is 0 Å². The number of halogens is 4. The summed E-state index contributed by atoms with van der Waals surface area (Å²) in [6, 6.07) is 4.39. The summed E-state index contributed by atoms with van der Waals surface area (Å²) >= 11 is -3.87. The quantitative estimate of drug-likeness (QED) is 0.680. The van der Waals surface area contributed by atoms with Crippen LogP contribution in [0.4, 0.5) is 10.1 Å². The number of rotatable bonds is 1. The summed E-state index contributed by atoms with van der Waals surface area (Å²) in [7, 11) is 0. The zero-order valence-corrected chi connectivity index (χ0v) is 6.98. The third kappa shape index (κ3) is 1.86. The third-order valence-electron chi connectivity index (χ3n) is 0.969. The van der Waals surface area contributed by atoms with Gasteiger partial charge in [0.1, 0.15) is 0 Å². The van der Waals surface area contributed by atoms with Crippen LogP contribution in [0.15, 0.2) is 24.3 Å². The van der Waals surface area contributed by atoms with Gasteiger partial charge in [0, 0.05) is 0 Å². The van der Waals surface area contributed by atoms with Gasteiger partial charge in [0.05, 0.1) is 0 Å². The molecule has 0 N–H and O–H groups in total. The molecule has 0 bridgehead atoms. The van der Waals surface area contributed by atoms with Gasteiger partial charge in [-0.3, -0.25) is 0 Å². The van der Waals surface area contributed by atoms with Gasteiger partial charge < -0.3 is 0 Å². The molecular formula is C6H4F3I. The summed E-state index contributed by atoms with van der Waals surface area (Å²) in [6.45, 7) is 0. The first-order valence-electron chi connectivity index (χ1n) is 2.49. The van der Waals surface area contributed by atoms with E-state index in [0.717, 1.165) is 24.3 Å². The van der Waals surface area contributed by atoms with Crippen LogP contribution >= 0.6 is 21.0 Å². The van der Waals surface area contributed by atoms with Gasteiger partial charge in [-0.1, -0.05) is 0 Å². The topological polar surface area (TPSA) is 0 Å². The average Bonchev–Trinajstić information content (AvgIpc) is 1.88. The predicted molar refractivity (Wildman–Crippen MR) is 41.3 cm³/mol. The van der Waals surface area contributed by atoms with Crippen LogP contribution in [0, 0.1) is 9.39 Å². The molecule has 0 amide bonds. The van der Waals surface area contributed by atoms with Crippen LogP contribution in [-0.2, 0) is 0 Å². The van der Waals surface area contributed by atoms with Crippen LogP contribution in [0.25, 0.3) is 0 Å². The Hall–Kier alpha value is -0.260. The van der Waals surface area contributed by atoms with Crippen LogP contribution in [0.2, 0.25) is 0 Å². The van der Waals surface area contributed by atoms with E-state index >= 15 is 0 Å². The Bertz CT molecular complexity index is 207. The van der Waals surface area contributed by atoms with E-state index < -0.39 is 26.8 Å². The molecular weight excluding hydrogens is 256 g/mol. The number of benzene rings is 1. The molecule has 0 radical (unpaired) electrons. The van der Waals surface area contributed by atoms with Crippen molar-refractivity contribution < 1.29 is 10.1 Å². The molecule has 0 aromatic heterocycles. The Balaban J connectivity index is 2.89. The van der Waals surface area contributed by atoms with Crippen molar-refractivity contribution in [1.29, 1.82) is 0 Å². The van der Waals surface area contributed by atoms with E-state index in [9.17, 15) is 10.1 Å². The van der Waals surface area contributed by atoms with Crippen molar-refractivity contribution in [3.63, 3.8) is 0 Å². The molecule has 4 heteroatoms. The zero-order valence-electron chi connectivity index (χ0n) is 4.82. The van der Waals surface area contributed by atoms with Gasteiger partial charge in [-0.2, -0.15) is 0 Å². The number of hydrogen-bond acceptors (Lipinski definition) is 0. The van der Waals surface area contributed by atoms with Crippen LogP contribution in [0.5, 0.6) is 0 Å². The molecule has 0 aliphatic carbocycles. The second-order valence-corrected chi connectivity index (χ2v) is 4.00. The van der Waals surface area contributed by atoms with E-state index in [1.54, 1.807) is 0 Å². The monoisotopic (exact) mass is 260 g/mol. The Morgan fingerprint density at radius 3 is 1.90 bits per heavy atom. The minimum absolute atomic E-state index is 0.00519. The molecule has 0 aliphatic rings. The van der Waals surface area contributed by atoms with Crippen LogP contribution in [0.3, 0.4) is 0 Å². The molecule has 1 aromatic rings. The van der Waals surface area contributed by atoms with E-state index in [4.69, 9.17) is 0 Å². The van der Waals surface area contributed by atoms with Gasteiger partial charge in [0.15, 0.2) is 0 Å². The summed E-state index contributed by atoms with van der Waals surface area (Å²) in [5.74, 6) is -0.471. The molecule has 0 fully saturated rings. The molecule has 10 heavy (non-hydrogen) atoms. The number of hydrogen-bond donors (Lipinski definition) is 0. The minimum atomic E-state index is -3.87. The van der Waals surface area contributed by atoms with Gasteiger partial charge in [0.25, 0.3) is 0 Å². The second-order valence-electron chi connectivity index (χ2n) is 1.63. The Labute approximate surface area is 65.0 Å². The fraction of sp³-hybridized carbons (Fsp3) is 0. The van der Waals surface area contributed by atoms with E-state index in [-0.39, 0.29) is 3.57 Å². The molecule has 0 unspecified atom stereocenters. The molecule has 56 valence electrons. The fourth-order valence-electron chi connectivity index (χ4n) is 0.525. The van der Waals surface area contributed by atoms with Crippen LogP contribution < -0.4 is 0 Å². The maximum atomic E-state index is 12.1. The van der Waals surface area contributed by atoms with Crippen LogP contribution in [0.1, 0.15) is 0 Å². The fourth-order valence-corrected chi connectivity index (χ4v) is 1.43. The Morgan fingerprint density at radius 2 is 1.50 bits per heavy atom. The first-order chi connectivity index (χ1) is 4.70. The van der Waals surface area contributed by atoms with Crippen LogP contribution in [-0.4, -0.2) is 0 Å². The summed E-state index contributed by atoms with van der Waals surface area (Å²) in [4.78, 5) is 0. The SMILES string of the molecule is Fc1ccc(I(F)F)cc1. The molecule has 1 aromatic carbocycles. The summed E-state index contributed by atoms with van der Waals surface area (Å²) < 4.78 is 36.0. The van der Waals surface area contributed by atoms with Crippen molar-refractivity contribution in [2.45, 2.75) is 0 Å². The molecule has 0 saturated carbocycles. The third-order valence-corrected chi connectivity index (χ3v) is 2.63. The first kappa shape index (κ1) is 7.84. The predicted octanol–water partition coefficient (Wildman–Crippen LogP) is 3.27. The van der Waals surface area contributed by atoms with Crippen molar-refractivity contribution in [1.82, 2.24) is 0 Å². The van der Waals surface area contributed by atoms with E-state index in [2.05, 4.69) is 0 Å². The van der Waals surface area contributed by atoms with Crippen molar-refractivity contribution >= 4 is 21.0 Å². The Kier molecular flexibility index (Phi) is 2.53. The van der Waals surface area contributed by atoms with E-state index in [1.807, 2.05) is 0 Å². The zero-order chi connectivity index (χ0) is 7.56. The standard InChI is InChI=1S/C6H4F3I/c7-5-1-3-6(4-2-5)10(8)9/h1-4H. The van der Waals surface area contributed by atoms with Crippen molar-refractivity contribution in [2.75, 3.05) is 0 Å². The van der Waals surface area contributed by atoms with Gasteiger partial charge in [0.2, 0.25) is 0 Å². The van der Waals surface area contributed by atoms with E-state index in [0.29, 0.717) is 0 Å². The van der Waals surface area contributed by atoms with Gasteiger partial charge >= 0.3 is 64.7 Å². The maximum absolute atomic E-state index is 12.1. The molecule has 0 saturated heterocycles.